The fourth-order valence-electron chi connectivity index (χ4n) is 2.24. The minimum Gasteiger partial charge on any atom is -0.494 e. The van der Waals surface area contributed by atoms with Gasteiger partial charge in [0.1, 0.15) is 5.75 Å². The van der Waals surface area contributed by atoms with Crippen LogP contribution in [0.2, 0.25) is 0 Å². The number of aromatic nitrogens is 1. The zero-order chi connectivity index (χ0) is 13.1. The molecule has 18 heavy (non-hydrogen) atoms. The van der Waals surface area contributed by atoms with Crippen LogP contribution in [0, 0.1) is 13.8 Å². The highest BCUT2D eigenvalue weighted by atomic mass is 16.5. The third kappa shape index (κ3) is 2.27. The molecule has 1 aromatic heterocycles. The van der Waals surface area contributed by atoms with E-state index in [-0.39, 0.29) is 0 Å². The van der Waals surface area contributed by atoms with Crippen LogP contribution in [0.1, 0.15) is 23.9 Å². The molecule has 2 aromatic rings. The Bertz CT molecular complexity index is 524. The molecule has 0 aliphatic heterocycles. The molecule has 0 fully saturated rings. The van der Waals surface area contributed by atoms with Crippen molar-refractivity contribution in [1.29, 1.82) is 0 Å². The van der Waals surface area contributed by atoms with Gasteiger partial charge in [-0.2, -0.15) is 0 Å². The summed E-state index contributed by atoms with van der Waals surface area (Å²) in [6.07, 6.45) is 0. The number of hydrogen-bond donors (Lipinski definition) is 1. The molecule has 0 radical (unpaired) electrons. The Morgan fingerprint density at radius 1 is 1.11 bits per heavy atom. The predicted octanol–water partition coefficient (Wildman–Crippen LogP) is 2.95. The smallest absolute Gasteiger partial charge is 0.123 e. The van der Waals surface area contributed by atoms with Crippen molar-refractivity contribution >= 4 is 0 Å². The van der Waals surface area contributed by atoms with Crippen LogP contribution in [0.5, 0.6) is 5.75 Å². The van der Waals surface area contributed by atoms with E-state index >= 15 is 0 Å². The van der Waals surface area contributed by atoms with Gasteiger partial charge in [0.05, 0.1) is 6.61 Å². The van der Waals surface area contributed by atoms with E-state index in [1.54, 1.807) is 0 Å². The first-order chi connectivity index (χ1) is 8.67. The van der Waals surface area contributed by atoms with Crippen LogP contribution in [0.4, 0.5) is 0 Å². The first kappa shape index (κ1) is 12.7. The fraction of sp³-hybridized carbons (Fsp3) is 0.333. The summed E-state index contributed by atoms with van der Waals surface area (Å²) in [5.41, 5.74) is 10.4. The van der Waals surface area contributed by atoms with Gasteiger partial charge in [-0.15, -0.1) is 0 Å². The highest BCUT2D eigenvalue weighted by molar-refractivity contribution is 5.46. The lowest BCUT2D eigenvalue weighted by molar-refractivity contribution is 0.336. The summed E-state index contributed by atoms with van der Waals surface area (Å²) in [5, 5.41) is 0. The van der Waals surface area contributed by atoms with Crippen LogP contribution in [-0.2, 0) is 6.54 Å². The molecule has 2 rings (SSSR count). The summed E-state index contributed by atoms with van der Waals surface area (Å²) >= 11 is 0. The van der Waals surface area contributed by atoms with Gasteiger partial charge in [0, 0.05) is 29.2 Å². The number of ether oxygens (including phenoxy) is 1. The summed E-state index contributed by atoms with van der Waals surface area (Å²) in [6.45, 7) is 7.34. The van der Waals surface area contributed by atoms with Gasteiger partial charge < -0.3 is 15.0 Å². The Morgan fingerprint density at radius 2 is 1.78 bits per heavy atom. The Labute approximate surface area is 108 Å². The molecule has 0 saturated heterocycles. The van der Waals surface area contributed by atoms with Gasteiger partial charge in [0.2, 0.25) is 0 Å². The van der Waals surface area contributed by atoms with Gasteiger partial charge in [0.25, 0.3) is 0 Å². The summed E-state index contributed by atoms with van der Waals surface area (Å²) in [5.74, 6) is 0.881. The molecule has 1 heterocycles. The number of benzene rings is 1. The van der Waals surface area contributed by atoms with Crippen molar-refractivity contribution in [3.63, 3.8) is 0 Å². The van der Waals surface area contributed by atoms with E-state index in [9.17, 15) is 0 Å². The van der Waals surface area contributed by atoms with Gasteiger partial charge in [-0.05, 0) is 51.1 Å². The van der Waals surface area contributed by atoms with E-state index in [0.29, 0.717) is 13.2 Å². The predicted molar refractivity (Wildman–Crippen MR) is 74.3 cm³/mol. The molecule has 0 spiro atoms. The number of nitrogens with two attached hydrogens (primary N) is 1. The quantitative estimate of drug-likeness (QED) is 0.898. The van der Waals surface area contributed by atoms with Gasteiger partial charge in [0.15, 0.2) is 0 Å². The number of aryl methyl sites for hydroxylation is 2. The maximum Gasteiger partial charge on any atom is 0.123 e. The van der Waals surface area contributed by atoms with Crippen molar-refractivity contribution in [2.75, 3.05) is 6.61 Å². The SMILES string of the molecule is CCOc1ccc(-n2c(C)ccc2C)cc1CN. The minimum absolute atomic E-state index is 0.489. The molecule has 3 nitrogen and oxygen atoms in total. The molecule has 0 atom stereocenters. The maximum absolute atomic E-state index is 5.79. The van der Waals surface area contributed by atoms with Gasteiger partial charge in [-0.25, -0.2) is 0 Å². The molecule has 3 heteroatoms. The second-order valence-corrected chi connectivity index (χ2v) is 4.38. The van der Waals surface area contributed by atoms with Crippen molar-refractivity contribution in [2.24, 2.45) is 5.73 Å². The van der Waals surface area contributed by atoms with Gasteiger partial charge in [-0.3, -0.25) is 0 Å². The molecule has 2 N–H and O–H groups in total. The van der Waals surface area contributed by atoms with E-state index < -0.39 is 0 Å². The normalized spacial score (nSPS) is 10.7. The van der Waals surface area contributed by atoms with Crippen LogP contribution in [0.15, 0.2) is 30.3 Å². The Hall–Kier alpha value is -1.74. The lowest BCUT2D eigenvalue weighted by Crippen LogP contribution is -2.05. The first-order valence-electron chi connectivity index (χ1n) is 6.28. The molecule has 0 aliphatic rings. The number of rotatable bonds is 4. The maximum atomic E-state index is 5.79. The van der Waals surface area contributed by atoms with Crippen molar-refractivity contribution in [2.45, 2.75) is 27.3 Å². The molecule has 1 aromatic carbocycles. The second kappa shape index (κ2) is 5.27. The summed E-state index contributed by atoms with van der Waals surface area (Å²) in [6, 6.07) is 10.4. The fourth-order valence-corrected chi connectivity index (χ4v) is 2.24. The second-order valence-electron chi connectivity index (χ2n) is 4.38. The van der Waals surface area contributed by atoms with Crippen LogP contribution in [0.3, 0.4) is 0 Å². The molecular weight excluding hydrogens is 224 g/mol. The third-order valence-electron chi connectivity index (χ3n) is 3.09. The largest absolute Gasteiger partial charge is 0.494 e. The van der Waals surface area contributed by atoms with E-state index in [1.165, 1.54) is 11.4 Å². The Balaban J connectivity index is 2.47. The van der Waals surface area contributed by atoms with Gasteiger partial charge in [-0.1, -0.05) is 0 Å². The Kier molecular flexibility index (Phi) is 3.72. The van der Waals surface area contributed by atoms with Crippen LogP contribution >= 0.6 is 0 Å². The van der Waals surface area contributed by atoms with Crippen molar-refractivity contribution in [1.82, 2.24) is 4.57 Å². The van der Waals surface area contributed by atoms with Crippen molar-refractivity contribution in [3.05, 3.63) is 47.3 Å². The van der Waals surface area contributed by atoms with E-state index in [2.05, 4.69) is 42.7 Å². The molecule has 0 unspecified atom stereocenters. The number of nitrogens with zero attached hydrogens (tertiary/aromatic N) is 1. The topological polar surface area (TPSA) is 40.2 Å². The molecule has 0 amide bonds. The zero-order valence-corrected chi connectivity index (χ0v) is 11.2. The molecule has 96 valence electrons. The molecule has 0 aliphatic carbocycles. The van der Waals surface area contributed by atoms with Crippen LogP contribution in [-0.4, -0.2) is 11.2 Å². The van der Waals surface area contributed by atoms with E-state index in [0.717, 1.165) is 17.0 Å². The third-order valence-corrected chi connectivity index (χ3v) is 3.09. The highest BCUT2D eigenvalue weighted by Gasteiger charge is 2.08. The summed E-state index contributed by atoms with van der Waals surface area (Å²) in [7, 11) is 0. The lowest BCUT2D eigenvalue weighted by atomic mass is 10.1. The Morgan fingerprint density at radius 3 is 2.33 bits per heavy atom. The molecule has 0 bridgehead atoms. The highest BCUT2D eigenvalue weighted by Crippen LogP contribution is 2.24. The van der Waals surface area contributed by atoms with Gasteiger partial charge >= 0.3 is 0 Å². The first-order valence-corrected chi connectivity index (χ1v) is 6.28. The summed E-state index contributed by atoms with van der Waals surface area (Å²) in [4.78, 5) is 0. The standard InChI is InChI=1S/C15H20N2O/c1-4-18-15-8-7-14(9-13(15)10-16)17-11(2)5-6-12(17)3/h5-9H,4,10,16H2,1-3H3. The summed E-state index contributed by atoms with van der Waals surface area (Å²) < 4.78 is 7.79. The van der Waals surface area contributed by atoms with Crippen molar-refractivity contribution in [3.8, 4) is 11.4 Å². The molecular formula is C15H20N2O. The van der Waals surface area contributed by atoms with Crippen LogP contribution in [0.25, 0.3) is 5.69 Å². The average molecular weight is 244 g/mol. The lowest BCUT2D eigenvalue weighted by Gasteiger charge is -2.14. The number of hydrogen-bond acceptors (Lipinski definition) is 2. The van der Waals surface area contributed by atoms with E-state index in [1.807, 2.05) is 13.0 Å². The zero-order valence-electron chi connectivity index (χ0n) is 11.2. The minimum atomic E-state index is 0.489. The average Bonchev–Trinajstić information content (AvgIpc) is 2.70. The van der Waals surface area contributed by atoms with E-state index in [4.69, 9.17) is 10.5 Å². The molecule has 0 saturated carbocycles. The van der Waals surface area contributed by atoms with Crippen molar-refractivity contribution < 1.29 is 4.74 Å². The van der Waals surface area contributed by atoms with Crippen LogP contribution < -0.4 is 10.5 Å². The monoisotopic (exact) mass is 244 g/mol.